The van der Waals surface area contributed by atoms with Crippen molar-refractivity contribution in [1.29, 1.82) is 0 Å². The van der Waals surface area contributed by atoms with Crippen LogP contribution in [0.2, 0.25) is 0 Å². The van der Waals surface area contributed by atoms with Gasteiger partial charge in [0.05, 0.1) is 24.1 Å². The van der Waals surface area contributed by atoms with Crippen molar-refractivity contribution in [3.8, 4) is 0 Å². The Morgan fingerprint density at radius 3 is 2.75 bits per heavy atom. The van der Waals surface area contributed by atoms with Crippen LogP contribution in [-0.4, -0.2) is 28.7 Å². The normalized spacial score (nSPS) is 12.5. The van der Waals surface area contributed by atoms with E-state index in [-0.39, 0.29) is 11.0 Å². The molecule has 0 aromatic carbocycles. The van der Waals surface area contributed by atoms with Crippen molar-refractivity contribution in [2.45, 2.75) is 32.7 Å². The van der Waals surface area contributed by atoms with E-state index in [1.807, 2.05) is 32.9 Å². The number of aromatic nitrogens is 6. The number of hydrogen-bond donors (Lipinski definition) is 0. The van der Waals surface area contributed by atoms with Crippen LogP contribution in [0.25, 0.3) is 16.0 Å². The molecule has 0 N–H and O–H groups in total. The van der Waals surface area contributed by atoms with E-state index in [1.54, 1.807) is 11.6 Å². The maximum atomic E-state index is 12.4. The first-order chi connectivity index (χ1) is 11.4. The van der Waals surface area contributed by atoms with E-state index in [4.69, 9.17) is 0 Å². The SMILES string of the molecule is Cn1c(=O)c2sccc2n2c(Cn3cnc(C(C)(C)C)c3)nnc12. The summed E-state index contributed by atoms with van der Waals surface area (Å²) in [4.78, 5) is 16.8. The Morgan fingerprint density at radius 1 is 1.25 bits per heavy atom. The topological polar surface area (TPSA) is 70.0 Å². The molecule has 24 heavy (non-hydrogen) atoms. The molecular weight excluding hydrogens is 324 g/mol. The number of nitrogens with zero attached hydrogens (tertiary/aromatic N) is 6. The Bertz CT molecular complexity index is 1110. The molecule has 0 saturated carbocycles. The van der Waals surface area contributed by atoms with Gasteiger partial charge in [-0.1, -0.05) is 20.8 Å². The third-order valence-electron chi connectivity index (χ3n) is 4.12. The minimum atomic E-state index is -0.0379. The first kappa shape index (κ1) is 15.1. The summed E-state index contributed by atoms with van der Waals surface area (Å²) < 4.78 is 6.21. The lowest BCUT2D eigenvalue weighted by molar-refractivity contribution is 0.571. The van der Waals surface area contributed by atoms with Crippen LogP contribution in [0.5, 0.6) is 0 Å². The fourth-order valence-electron chi connectivity index (χ4n) is 2.75. The van der Waals surface area contributed by atoms with Gasteiger partial charge in [-0.15, -0.1) is 21.5 Å². The smallest absolute Gasteiger partial charge is 0.272 e. The molecule has 4 aromatic rings. The van der Waals surface area contributed by atoms with Gasteiger partial charge in [0.2, 0.25) is 5.78 Å². The van der Waals surface area contributed by atoms with Crippen LogP contribution in [0.1, 0.15) is 32.3 Å². The average Bonchev–Trinajstić information content (AvgIpc) is 3.22. The van der Waals surface area contributed by atoms with E-state index in [9.17, 15) is 4.79 Å². The number of thiophene rings is 1. The van der Waals surface area contributed by atoms with Crippen LogP contribution in [-0.2, 0) is 19.0 Å². The Kier molecular flexibility index (Phi) is 3.14. The molecule has 0 unspecified atom stereocenters. The van der Waals surface area contributed by atoms with E-state index in [2.05, 4.69) is 36.0 Å². The second-order valence-corrected chi connectivity index (χ2v) is 7.85. The second-order valence-electron chi connectivity index (χ2n) is 6.93. The highest BCUT2D eigenvalue weighted by Crippen LogP contribution is 2.21. The molecule has 4 heterocycles. The molecule has 4 aromatic heterocycles. The van der Waals surface area contributed by atoms with Crippen molar-refractivity contribution in [1.82, 2.24) is 28.7 Å². The highest BCUT2D eigenvalue weighted by Gasteiger charge is 2.19. The van der Waals surface area contributed by atoms with Gasteiger partial charge < -0.3 is 4.57 Å². The monoisotopic (exact) mass is 342 g/mol. The maximum absolute atomic E-state index is 12.4. The third-order valence-corrected chi connectivity index (χ3v) is 5.01. The molecule has 0 spiro atoms. The summed E-state index contributed by atoms with van der Waals surface area (Å²) in [6, 6.07) is 1.94. The summed E-state index contributed by atoms with van der Waals surface area (Å²) in [7, 11) is 1.73. The molecule has 7 nitrogen and oxygen atoms in total. The van der Waals surface area contributed by atoms with Gasteiger partial charge >= 0.3 is 0 Å². The molecule has 0 aliphatic heterocycles. The van der Waals surface area contributed by atoms with Crippen LogP contribution in [0, 0.1) is 0 Å². The van der Waals surface area contributed by atoms with Crippen molar-refractivity contribution in [2.24, 2.45) is 7.05 Å². The number of imidazole rings is 1. The van der Waals surface area contributed by atoms with Crippen LogP contribution in [0.15, 0.2) is 28.8 Å². The Labute approximate surface area is 142 Å². The van der Waals surface area contributed by atoms with Gasteiger partial charge in [0.15, 0.2) is 5.82 Å². The van der Waals surface area contributed by atoms with Crippen molar-refractivity contribution < 1.29 is 0 Å². The van der Waals surface area contributed by atoms with E-state index in [0.717, 1.165) is 17.0 Å². The van der Waals surface area contributed by atoms with Crippen molar-refractivity contribution in [3.05, 3.63) is 45.8 Å². The van der Waals surface area contributed by atoms with Crippen molar-refractivity contribution in [3.63, 3.8) is 0 Å². The predicted octanol–water partition coefficient (Wildman–Crippen LogP) is 2.18. The van der Waals surface area contributed by atoms with Crippen LogP contribution in [0.3, 0.4) is 0 Å². The van der Waals surface area contributed by atoms with Crippen LogP contribution >= 0.6 is 11.3 Å². The van der Waals surface area contributed by atoms with Crippen molar-refractivity contribution >= 4 is 27.3 Å². The molecule has 0 bridgehead atoms. The van der Waals surface area contributed by atoms with Crippen LogP contribution in [0.4, 0.5) is 0 Å². The summed E-state index contributed by atoms with van der Waals surface area (Å²) in [6.45, 7) is 6.96. The number of hydrogen-bond acceptors (Lipinski definition) is 5. The number of fused-ring (bicyclic) bond motifs is 3. The summed E-state index contributed by atoms with van der Waals surface area (Å²) in [5.74, 6) is 1.33. The molecular formula is C16H18N6OS. The van der Waals surface area contributed by atoms with Gasteiger partial charge in [-0.3, -0.25) is 13.8 Å². The molecule has 0 saturated heterocycles. The van der Waals surface area contributed by atoms with E-state index >= 15 is 0 Å². The van der Waals surface area contributed by atoms with Gasteiger partial charge in [-0.2, -0.15) is 0 Å². The molecule has 0 atom stereocenters. The predicted molar refractivity (Wildman–Crippen MR) is 93.6 cm³/mol. The Morgan fingerprint density at radius 2 is 2.04 bits per heavy atom. The standard InChI is InChI=1S/C16H18N6OS/c1-16(2,3)11-7-21(9-17-11)8-12-18-19-15-20(4)14(23)13-10(22(12)15)5-6-24-13/h5-7,9H,8H2,1-4H3. The van der Waals surface area contributed by atoms with Gasteiger partial charge in [-0.05, 0) is 11.4 Å². The lowest BCUT2D eigenvalue weighted by Crippen LogP contribution is -2.19. The van der Waals surface area contributed by atoms with E-state index < -0.39 is 0 Å². The summed E-state index contributed by atoms with van der Waals surface area (Å²) in [5, 5.41) is 10.4. The lowest BCUT2D eigenvalue weighted by atomic mass is 9.93. The molecule has 0 aliphatic carbocycles. The van der Waals surface area contributed by atoms with Gasteiger partial charge in [0, 0.05) is 18.7 Å². The fourth-order valence-corrected chi connectivity index (χ4v) is 3.60. The molecule has 124 valence electrons. The highest BCUT2D eigenvalue weighted by molar-refractivity contribution is 7.17. The highest BCUT2D eigenvalue weighted by atomic mass is 32.1. The molecule has 0 fully saturated rings. The minimum Gasteiger partial charge on any atom is -0.330 e. The maximum Gasteiger partial charge on any atom is 0.272 e. The summed E-state index contributed by atoms with van der Waals surface area (Å²) in [6.07, 6.45) is 3.85. The summed E-state index contributed by atoms with van der Waals surface area (Å²) >= 11 is 1.44. The zero-order chi connectivity index (χ0) is 17.1. The second kappa shape index (κ2) is 5.01. The molecule has 8 heteroatoms. The Balaban J connectivity index is 1.86. The molecule has 0 radical (unpaired) electrons. The van der Waals surface area contributed by atoms with Gasteiger partial charge in [-0.25, -0.2) is 4.98 Å². The van der Waals surface area contributed by atoms with Crippen molar-refractivity contribution in [2.75, 3.05) is 0 Å². The number of aryl methyl sites for hydroxylation is 1. The van der Waals surface area contributed by atoms with Gasteiger partial charge in [0.25, 0.3) is 5.56 Å². The van der Waals surface area contributed by atoms with Gasteiger partial charge in [0.1, 0.15) is 4.70 Å². The lowest BCUT2D eigenvalue weighted by Gasteiger charge is -2.14. The number of rotatable bonds is 2. The third kappa shape index (κ3) is 2.17. The first-order valence-electron chi connectivity index (χ1n) is 7.69. The largest absolute Gasteiger partial charge is 0.330 e. The van der Waals surface area contributed by atoms with Crippen LogP contribution < -0.4 is 5.56 Å². The zero-order valence-electron chi connectivity index (χ0n) is 14.0. The molecule has 0 amide bonds. The average molecular weight is 342 g/mol. The summed E-state index contributed by atoms with van der Waals surface area (Å²) in [5.41, 5.74) is 1.85. The Hall–Kier alpha value is -2.48. The first-order valence-corrected chi connectivity index (χ1v) is 8.56. The quantitative estimate of drug-likeness (QED) is 0.560. The van der Waals surface area contributed by atoms with E-state index in [1.165, 1.54) is 11.3 Å². The zero-order valence-corrected chi connectivity index (χ0v) is 14.8. The fraction of sp³-hybridized carbons (Fsp3) is 0.375. The molecule has 0 aliphatic rings. The minimum absolute atomic E-state index is 0.00266. The molecule has 4 rings (SSSR count). The van der Waals surface area contributed by atoms with E-state index in [0.29, 0.717) is 17.0 Å².